The Morgan fingerprint density at radius 2 is 1.93 bits per heavy atom. The Labute approximate surface area is 165 Å². The van der Waals surface area contributed by atoms with Crippen LogP contribution in [-0.2, 0) is 12.1 Å². The minimum atomic E-state index is -1.12. The third-order valence-electron chi connectivity index (χ3n) is 4.53. The quantitative estimate of drug-likeness (QED) is 0.432. The molecule has 1 heterocycles. The van der Waals surface area contributed by atoms with E-state index in [4.69, 9.17) is 9.15 Å². The van der Waals surface area contributed by atoms with E-state index in [-0.39, 0.29) is 6.54 Å². The van der Waals surface area contributed by atoms with E-state index in [2.05, 4.69) is 33.8 Å². The van der Waals surface area contributed by atoms with Crippen molar-refractivity contribution in [1.29, 1.82) is 0 Å². The van der Waals surface area contributed by atoms with E-state index < -0.39 is 5.60 Å². The van der Waals surface area contributed by atoms with Crippen LogP contribution in [0.25, 0.3) is 10.8 Å². The summed E-state index contributed by atoms with van der Waals surface area (Å²) in [6.45, 7) is 5.25. The second-order valence-corrected chi connectivity index (χ2v) is 6.85. The Morgan fingerprint density at radius 3 is 2.64 bits per heavy atom. The fraction of sp³-hybridized carbons (Fsp3) is 0.318. The molecule has 1 atom stereocenters. The van der Waals surface area contributed by atoms with E-state index in [1.165, 1.54) is 0 Å². The van der Waals surface area contributed by atoms with Gasteiger partial charge in [0, 0.05) is 6.54 Å². The Balaban J connectivity index is 1.69. The summed E-state index contributed by atoms with van der Waals surface area (Å²) in [7, 11) is 1.67. The minimum Gasteiger partial charge on any atom is -0.497 e. The smallest absolute Gasteiger partial charge is 0.191 e. The number of hydrogen-bond donors (Lipinski definition) is 3. The highest BCUT2D eigenvalue weighted by molar-refractivity contribution is 5.84. The molecule has 0 fully saturated rings. The number of fused-ring (bicyclic) bond motifs is 1. The molecule has 0 spiro atoms. The molecule has 0 aliphatic heterocycles. The normalized spacial score (nSPS) is 13.9. The van der Waals surface area contributed by atoms with Crippen LogP contribution in [-0.4, -0.2) is 31.3 Å². The third kappa shape index (κ3) is 4.84. The summed E-state index contributed by atoms with van der Waals surface area (Å²) >= 11 is 0. The SMILES string of the molecule is CCNC(=NCc1ccc2cc(OC)ccc2c1)NCC(C)(O)c1ccco1. The Kier molecular flexibility index (Phi) is 6.21. The van der Waals surface area contributed by atoms with E-state index in [9.17, 15) is 5.11 Å². The molecular weight excluding hydrogens is 354 g/mol. The second kappa shape index (κ2) is 8.80. The number of rotatable bonds is 7. The Hall–Kier alpha value is -2.99. The number of hydrogen-bond acceptors (Lipinski definition) is 4. The maximum Gasteiger partial charge on any atom is 0.191 e. The van der Waals surface area contributed by atoms with Crippen molar-refractivity contribution < 1.29 is 14.3 Å². The van der Waals surface area contributed by atoms with Crippen molar-refractivity contribution in [2.45, 2.75) is 26.0 Å². The number of furan rings is 1. The maximum absolute atomic E-state index is 10.6. The van der Waals surface area contributed by atoms with Gasteiger partial charge in [-0.05, 0) is 60.5 Å². The summed E-state index contributed by atoms with van der Waals surface area (Å²) in [5.41, 5.74) is -0.0190. The van der Waals surface area contributed by atoms with Gasteiger partial charge in [0.25, 0.3) is 0 Å². The molecule has 28 heavy (non-hydrogen) atoms. The van der Waals surface area contributed by atoms with E-state index in [1.54, 1.807) is 32.4 Å². The van der Waals surface area contributed by atoms with Crippen molar-refractivity contribution in [1.82, 2.24) is 10.6 Å². The molecule has 6 heteroatoms. The largest absolute Gasteiger partial charge is 0.497 e. The molecule has 2 aromatic carbocycles. The molecule has 1 aromatic heterocycles. The summed E-state index contributed by atoms with van der Waals surface area (Å²) in [5.74, 6) is 2.01. The van der Waals surface area contributed by atoms with Gasteiger partial charge in [-0.15, -0.1) is 0 Å². The van der Waals surface area contributed by atoms with Gasteiger partial charge in [0.1, 0.15) is 17.1 Å². The van der Waals surface area contributed by atoms with E-state index in [0.29, 0.717) is 18.3 Å². The Morgan fingerprint density at radius 1 is 1.14 bits per heavy atom. The predicted octanol–water partition coefficient (Wildman–Crippen LogP) is 3.40. The zero-order valence-corrected chi connectivity index (χ0v) is 16.5. The molecule has 1 unspecified atom stereocenters. The molecular formula is C22H27N3O3. The van der Waals surface area contributed by atoms with Crippen LogP contribution in [0.3, 0.4) is 0 Å². The standard InChI is InChI=1S/C22H27N3O3/c1-4-23-21(25-15-22(2,26)20-6-5-11-28-20)24-14-16-7-8-18-13-19(27-3)10-9-17(18)12-16/h5-13,26H,4,14-15H2,1-3H3,(H2,23,24,25). The van der Waals surface area contributed by atoms with Crippen LogP contribution < -0.4 is 15.4 Å². The van der Waals surface area contributed by atoms with Gasteiger partial charge in [-0.25, -0.2) is 4.99 Å². The first kappa shape index (κ1) is 19.8. The van der Waals surface area contributed by atoms with Gasteiger partial charge in [-0.3, -0.25) is 0 Å². The highest BCUT2D eigenvalue weighted by atomic mass is 16.5. The molecule has 3 aromatic rings. The number of aliphatic hydroxyl groups is 1. The lowest BCUT2D eigenvalue weighted by Gasteiger charge is -2.22. The molecule has 0 amide bonds. The van der Waals surface area contributed by atoms with Crippen LogP contribution in [0.15, 0.2) is 64.2 Å². The number of aliphatic imine (C=N–C) groups is 1. The summed E-state index contributed by atoms with van der Waals surface area (Å²) < 4.78 is 10.6. The van der Waals surface area contributed by atoms with Crippen molar-refractivity contribution in [2.75, 3.05) is 20.2 Å². The van der Waals surface area contributed by atoms with Crippen molar-refractivity contribution in [3.8, 4) is 5.75 Å². The molecule has 3 N–H and O–H groups in total. The fourth-order valence-electron chi connectivity index (χ4n) is 2.94. The van der Waals surface area contributed by atoms with E-state index in [1.807, 2.05) is 25.1 Å². The molecule has 0 bridgehead atoms. The van der Waals surface area contributed by atoms with Gasteiger partial charge in [-0.1, -0.05) is 18.2 Å². The zero-order chi connectivity index (χ0) is 20.0. The zero-order valence-electron chi connectivity index (χ0n) is 16.5. The number of ether oxygens (including phenoxy) is 1. The lowest BCUT2D eigenvalue weighted by Crippen LogP contribution is -2.44. The molecule has 0 aliphatic rings. The Bertz CT molecular complexity index is 933. The van der Waals surface area contributed by atoms with Crippen LogP contribution in [0.4, 0.5) is 0 Å². The molecule has 0 saturated carbocycles. The van der Waals surface area contributed by atoms with Crippen molar-refractivity contribution in [3.63, 3.8) is 0 Å². The summed E-state index contributed by atoms with van der Waals surface area (Å²) in [6, 6.07) is 15.8. The molecule has 148 valence electrons. The number of methoxy groups -OCH3 is 1. The maximum atomic E-state index is 10.6. The van der Waals surface area contributed by atoms with E-state index >= 15 is 0 Å². The van der Waals surface area contributed by atoms with Crippen molar-refractivity contribution in [3.05, 3.63) is 66.1 Å². The van der Waals surface area contributed by atoms with Gasteiger partial charge in [-0.2, -0.15) is 0 Å². The van der Waals surface area contributed by atoms with Gasteiger partial charge < -0.3 is 24.9 Å². The highest BCUT2D eigenvalue weighted by Gasteiger charge is 2.26. The first-order chi connectivity index (χ1) is 13.5. The van der Waals surface area contributed by atoms with Crippen LogP contribution in [0.2, 0.25) is 0 Å². The monoisotopic (exact) mass is 381 g/mol. The molecule has 6 nitrogen and oxygen atoms in total. The topological polar surface area (TPSA) is 79.0 Å². The summed E-state index contributed by atoms with van der Waals surface area (Å²) in [6.07, 6.45) is 1.55. The van der Waals surface area contributed by atoms with E-state index in [0.717, 1.165) is 28.6 Å². The lowest BCUT2D eigenvalue weighted by molar-refractivity contribution is 0.0386. The van der Waals surface area contributed by atoms with Crippen LogP contribution in [0.5, 0.6) is 5.75 Å². The van der Waals surface area contributed by atoms with Crippen molar-refractivity contribution >= 4 is 16.7 Å². The first-order valence-electron chi connectivity index (χ1n) is 9.37. The van der Waals surface area contributed by atoms with Gasteiger partial charge in [0.05, 0.1) is 26.5 Å². The van der Waals surface area contributed by atoms with Crippen molar-refractivity contribution in [2.24, 2.45) is 4.99 Å². The first-order valence-corrected chi connectivity index (χ1v) is 9.37. The second-order valence-electron chi connectivity index (χ2n) is 6.85. The lowest BCUT2D eigenvalue weighted by atomic mass is 10.0. The number of nitrogens with zero attached hydrogens (tertiary/aromatic N) is 1. The molecule has 0 aliphatic carbocycles. The fourth-order valence-corrected chi connectivity index (χ4v) is 2.94. The van der Waals surface area contributed by atoms with Gasteiger partial charge in [0.15, 0.2) is 5.96 Å². The summed E-state index contributed by atoms with van der Waals surface area (Å²) in [5, 5.41) is 19.3. The van der Waals surface area contributed by atoms with Crippen LogP contribution >= 0.6 is 0 Å². The minimum absolute atomic E-state index is 0.282. The third-order valence-corrected chi connectivity index (χ3v) is 4.53. The molecule has 0 radical (unpaired) electrons. The number of benzene rings is 2. The van der Waals surface area contributed by atoms with Crippen LogP contribution in [0.1, 0.15) is 25.2 Å². The average Bonchev–Trinajstić information content (AvgIpc) is 3.25. The predicted molar refractivity (Wildman–Crippen MR) is 112 cm³/mol. The van der Waals surface area contributed by atoms with Crippen LogP contribution in [0, 0.1) is 0 Å². The number of nitrogens with one attached hydrogen (secondary N) is 2. The van der Waals surface area contributed by atoms with Gasteiger partial charge in [0.2, 0.25) is 0 Å². The number of guanidine groups is 1. The highest BCUT2D eigenvalue weighted by Crippen LogP contribution is 2.22. The van der Waals surface area contributed by atoms with Gasteiger partial charge >= 0.3 is 0 Å². The average molecular weight is 381 g/mol. The molecule has 3 rings (SSSR count). The summed E-state index contributed by atoms with van der Waals surface area (Å²) in [4.78, 5) is 4.64. The molecule has 0 saturated heterocycles.